The second kappa shape index (κ2) is 18.0. The van der Waals surface area contributed by atoms with Crippen LogP contribution in [0.1, 0.15) is 56.0 Å². The van der Waals surface area contributed by atoms with Gasteiger partial charge in [-0.1, -0.05) is 43.2 Å². The first-order chi connectivity index (χ1) is 32.2. The van der Waals surface area contributed by atoms with Crippen LogP contribution in [0, 0.1) is 15.5 Å². The van der Waals surface area contributed by atoms with Crippen LogP contribution >= 0.6 is 11.6 Å². The number of hydrogen-bond donors (Lipinski definition) is 3. The number of hydrogen-bond acceptors (Lipinski definition) is 14. The number of ether oxygens (including phenoxy) is 4. The standard InChI is InChI=1S/C48H53ClN8O9S/c1-29-25-56(41-20-31-11-13-50-45(31)52-47(41)66-29)39-21-34(55-16-14-54(15-17-55)26-32-10-12-48(2,3)24-37(32)30-4-6-33(49)7-5-30)8-9-36(39)46(58)53-67(61,62)35-22-40(57(59)60)44-42(23-35)65-27-38(51-44)43-28-63-18-19-64-43/h4-9,11,13,20-23,29,38,43,51H,10,12,14-19,24-28H2,1-3H3,(H,50,52)(H,53,58)/t29-,38+,43-/m1/s1. The molecule has 67 heavy (non-hydrogen) atoms. The van der Waals surface area contributed by atoms with Crippen LogP contribution in [-0.4, -0.2) is 118 Å². The molecule has 3 N–H and O–H groups in total. The number of anilines is 4. The zero-order chi connectivity index (χ0) is 46.6. The highest BCUT2D eigenvalue weighted by Crippen LogP contribution is 2.45. The largest absolute Gasteiger partial charge is 0.489 e. The van der Waals surface area contributed by atoms with Gasteiger partial charge in [-0.25, -0.2) is 13.1 Å². The first-order valence-electron chi connectivity index (χ1n) is 22.7. The number of nitrogens with zero attached hydrogens (tertiary/aromatic N) is 5. The van der Waals surface area contributed by atoms with Gasteiger partial charge < -0.3 is 39.0 Å². The zero-order valence-corrected chi connectivity index (χ0v) is 39.1. The van der Waals surface area contributed by atoms with E-state index in [0.29, 0.717) is 42.7 Å². The number of pyridine rings is 1. The summed E-state index contributed by atoms with van der Waals surface area (Å²) in [6.07, 6.45) is 4.19. The van der Waals surface area contributed by atoms with Crippen LogP contribution in [0.15, 0.2) is 83.4 Å². The van der Waals surface area contributed by atoms with Gasteiger partial charge >= 0.3 is 0 Å². The van der Waals surface area contributed by atoms with E-state index in [9.17, 15) is 23.3 Å². The molecule has 5 aliphatic rings. The number of piperazine rings is 1. The number of H-pyrrole nitrogens is 1. The van der Waals surface area contributed by atoms with Crippen molar-refractivity contribution in [3.63, 3.8) is 0 Å². The number of fused-ring (bicyclic) bond motifs is 3. The highest BCUT2D eigenvalue weighted by atomic mass is 35.5. The Morgan fingerprint density at radius 3 is 2.58 bits per heavy atom. The third-order valence-corrected chi connectivity index (χ3v) is 15.0. The number of aromatic amines is 1. The molecule has 1 amide bonds. The summed E-state index contributed by atoms with van der Waals surface area (Å²) in [7, 11) is -4.69. The van der Waals surface area contributed by atoms with Gasteiger partial charge in [0.05, 0.1) is 53.5 Å². The Labute approximate surface area is 393 Å². The van der Waals surface area contributed by atoms with Crippen molar-refractivity contribution >= 4 is 72.6 Å². The molecule has 5 aromatic rings. The maximum Gasteiger partial charge on any atom is 0.297 e. The highest BCUT2D eigenvalue weighted by molar-refractivity contribution is 7.90. The normalized spacial score (nSPS) is 22.0. The lowest BCUT2D eigenvalue weighted by molar-refractivity contribution is -0.384. The molecule has 0 unspecified atom stereocenters. The summed E-state index contributed by atoms with van der Waals surface area (Å²) in [5.41, 5.74) is 6.45. The van der Waals surface area contributed by atoms with E-state index in [0.717, 1.165) is 74.1 Å². The van der Waals surface area contributed by atoms with Gasteiger partial charge in [0.25, 0.3) is 21.6 Å². The van der Waals surface area contributed by atoms with E-state index >= 15 is 0 Å². The third kappa shape index (κ3) is 9.24. The molecule has 4 aliphatic heterocycles. The van der Waals surface area contributed by atoms with Crippen molar-refractivity contribution in [2.24, 2.45) is 5.41 Å². The van der Waals surface area contributed by atoms with E-state index in [1.807, 2.05) is 48.2 Å². The van der Waals surface area contributed by atoms with Crippen LogP contribution in [0.2, 0.25) is 5.02 Å². The number of carbonyl (C=O) groups excluding carboxylic acids is 1. The lowest BCUT2D eigenvalue weighted by Crippen LogP contribution is -2.47. The molecule has 3 atom stereocenters. The molecule has 0 spiro atoms. The van der Waals surface area contributed by atoms with Gasteiger partial charge in [0.2, 0.25) is 5.88 Å². The number of nitro benzene ring substituents is 1. The van der Waals surface area contributed by atoms with Crippen LogP contribution in [0.4, 0.5) is 28.4 Å². The van der Waals surface area contributed by atoms with E-state index in [2.05, 4.69) is 50.8 Å². The first-order valence-corrected chi connectivity index (χ1v) is 24.5. The molecule has 2 saturated heterocycles. The molecule has 0 radical (unpaired) electrons. The van der Waals surface area contributed by atoms with Crippen LogP contribution in [0.25, 0.3) is 16.6 Å². The Hall–Kier alpha value is -5.92. The number of nitrogens with one attached hydrogen (secondary N) is 3. The molecule has 2 aromatic heterocycles. The number of amides is 1. The number of carbonyl (C=O) groups is 1. The van der Waals surface area contributed by atoms with E-state index in [4.69, 9.17) is 35.5 Å². The van der Waals surface area contributed by atoms with Crippen molar-refractivity contribution < 1.29 is 37.1 Å². The average Bonchev–Trinajstić information content (AvgIpc) is 3.78. The fourth-order valence-electron chi connectivity index (χ4n) is 9.79. The van der Waals surface area contributed by atoms with Crippen molar-refractivity contribution in [3.05, 3.63) is 105 Å². The minimum Gasteiger partial charge on any atom is -0.489 e. The van der Waals surface area contributed by atoms with Crippen LogP contribution in [-0.2, 0) is 19.5 Å². The Kier molecular flexibility index (Phi) is 12.0. The number of benzene rings is 3. The molecule has 2 fully saturated rings. The summed E-state index contributed by atoms with van der Waals surface area (Å²) in [5, 5.41) is 17.1. The molecule has 10 rings (SSSR count). The maximum atomic E-state index is 14.5. The summed E-state index contributed by atoms with van der Waals surface area (Å²) in [6, 6.07) is 19.0. The van der Waals surface area contributed by atoms with Gasteiger partial charge in [0, 0.05) is 67.1 Å². The third-order valence-electron chi connectivity index (χ3n) is 13.4. The summed E-state index contributed by atoms with van der Waals surface area (Å²) in [6.45, 7) is 12.0. The van der Waals surface area contributed by atoms with Gasteiger partial charge in [0.15, 0.2) is 11.4 Å². The van der Waals surface area contributed by atoms with Crippen LogP contribution < -0.4 is 29.3 Å². The van der Waals surface area contributed by atoms with Gasteiger partial charge in [-0.3, -0.25) is 19.8 Å². The number of sulfonamides is 1. The quantitative estimate of drug-likeness (QED) is 0.0918. The maximum absolute atomic E-state index is 14.5. The minimum atomic E-state index is -4.69. The average molecular weight is 954 g/mol. The van der Waals surface area contributed by atoms with Crippen LogP contribution in [0.5, 0.6) is 11.6 Å². The van der Waals surface area contributed by atoms with Gasteiger partial charge in [0.1, 0.15) is 30.1 Å². The number of nitro groups is 1. The lowest BCUT2D eigenvalue weighted by Gasteiger charge is -2.40. The van der Waals surface area contributed by atoms with E-state index < -0.39 is 43.6 Å². The molecule has 19 heteroatoms. The zero-order valence-electron chi connectivity index (χ0n) is 37.5. The minimum absolute atomic E-state index is 0.0162. The summed E-state index contributed by atoms with van der Waals surface area (Å²) < 4.78 is 53.9. The first kappa shape index (κ1) is 44.9. The van der Waals surface area contributed by atoms with Crippen molar-refractivity contribution in [2.75, 3.05) is 80.8 Å². The molecule has 3 aromatic carbocycles. The Morgan fingerprint density at radius 1 is 1.01 bits per heavy atom. The molecule has 6 heterocycles. The Balaban J connectivity index is 0.937. The SMILES string of the molecule is C[C@@H]1CN(c2cc(N3CCN(CC4=C(c5ccc(Cl)cc5)CC(C)(C)CC4)CC3)ccc2C(=O)NS(=O)(=O)c2cc3c(c([N+](=O)[O-])c2)N[C@H]([C@H]2COCCO2)CO3)c2cc3cc[nH]c3nc2O1. The predicted molar refractivity (Wildman–Crippen MR) is 256 cm³/mol. The fraction of sp³-hybridized carbons (Fsp3) is 0.417. The van der Waals surface area contributed by atoms with Crippen molar-refractivity contribution in [1.82, 2.24) is 19.6 Å². The highest BCUT2D eigenvalue weighted by Gasteiger charge is 2.37. The van der Waals surface area contributed by atoms with Gasteiger partial charge in [-0.2, -0.15) is 4.98 Å². The number of allylic oxidation sites excluding steroid dienone is 1. The Bertz CT molecular complexity index is 2880. The number of rotatable bonds is 10. The smallest absolute Gasteiger partial charge is 0.297 e. The second-order valence-corrected chi connectivity index (χ2v) is 20.8. The summed E-state index contributed by atoms with van der Waals surface area (Å²) in [4.78, 5) is 40.3. The molecule has 0 saturated carbocycles. The van der Waals surface area contributed by atoms with Crippen LogP contribution in [0.3, 0.4) is 0 Å². The number of halogens is 1. The van der Waals surface area contributed by atoms with Crippen molar-refractivity contribution in [1.29, 1.82) is 0 Å². The van der Waals surface area contributed by atoms with Gasteiger partial charge in [-0.15, -0.1) is 0 Å². The van der Waals surface area contributed by atoms with Crippen molar-refractivity contribution in [3.8, 4) is 11.6 Å². The molecule has 0 bridgehead atoms. The number of aromatic nitrogens is 2. The Morgan fingerprint density at radius 2 is 1.82 bits per heavy atom. The molecule has 17 nitrogen and oxygen atoms in total. The lowest BCUT2D eigenvalue weighted by atomic mass is 9.72. The molecular weight excluding hydrogens is 900 g/mol. The monoisotopic (exact) mass is 952 g/mol. The molecule has 352 valence electrons. The van der Waals surface area contributed by atoms with E-state index in [-0.39, 0.29) is 41.7 Å². The summed E-state index contributed by atoms with van der Waals surface area (Å²) in [5.74, 6) is -0.592. The second-order valence-electron chi connectivity index (χ2n) is 18.7. The van der Waals surface area contributed by atoms with E-state index in [1.165, 1.54) is 22.8 Å². The van der Waals surface area contributed by atoms with E-state index in [1.54, 1.807) is 12.3 Å². The fourth-order valence-corrected chi connectivity index (χ4v) is 10.9. The molecule has 1 aliphatic carbocycles. The summed E-state index contributed by atoms with van der Waals surface area (Å²) >= 11 is 6.27. The van der Waals surface area contributed by atoms with Gasteiger partial charge in [-0.05, 0) is 85.2 Å². The van der Waals surface area contributed by atoms with Crippen molar-refractivity contribution in [2.45, 2.75) is 63.2 Å². The topological polar surface area (TPSA) is 194 Å². The molecular formula is C48H53ClN8O9S. The predicted octanol–water partition coefficient (Wildman–Crippen LogP) is 7.54.